The minimum atomic E-state index is -0.429. The quantitative estimate of drug-likeness (QED) is 0.652. The number of aliphatic imine (C=N–C) groups is 1. The Bertz CT molecular complexity index is 659. The van der Waals surface area contributed by atoms with Crippen molar-refractivity contribution in [3.05, 3.63) is 26.4 Å². The van der Waals surface area contributed by atoms with Crippen LogP contribution in [0, 0.1) is 6.92 Å². The molecule has 128 valence electrons. The number of ether oxygens (including phenoxy) is 1. The average molecular weight is 323 g/mol. The van der Waals surface area contributed by atoms with E-state index in [9.17, 15) is 9.59 Å². The highest BCUT2D eigenvalue weighted by Gasteiger charge is 2.18. The Balaban J connectivity index is 2.35. The molecule has 7 nitrogen and oxygen atoms in total. The zero-order valence-electron chi connectivity index (χ0n) is 14.0. The molecule has 1 saturated carbocycles. The molecule has 1 aromatic heterocycles. The normalized spacial score (nSPS) is 16.1. The Morgan fingerprint density at radius 3 is 2.61 bits per heavy atom. The first-order valence-corrected chi connectivity index (χ1v) is 8.09. The van der Waals surface area contributed by atoms with E-state index in [0.29, 0.717) is 23.7 Å². The van der Waals surface area contributed by atoms with E-state index in [1.807, 2.05) is 0 Å². The smallest absolute Gasteiger partial charge is 0.332 e. The lowest BCUT2D eigenvalue weighted by molar-refractivity contribution is 0.194. The van der Waals surface area contributed by atoms with E-state index in [0.717, 1.165) is 30.3 Å². The van der Waals surface area contributed by atoms with E-state index < -0.39 is 5.69 Å². The molecule has 1 aliphatic rings. The second-order valence-electron chi connectivity index (χ2n) is 5.98. The summed E-state index contributed by atoms with van der Waals surface area (Å²) in [6.07, 6.45) is 4.91. The van der Waals surface area contributed by atoms with E-state index in [1.54, 1.807) is 20.9 Å². The molecule has 0 atom stereocenters. The zero-order chi connectivity index (χ0) is 17.0. The van der Waals surface area contributed by atoms with Gasteiger partial charge < -0.3 is 9.84 Å². The molecule has 0 aromatic carbocycles. The molecule has 0 spiro atoms. The number of hydrogen-bond donors (Lipinski definition) is 1. The molecule has 23 heavy (non-hydrogen) atoms. The minimum Gasteiger partial charge on any atom is -0.478 e. The van der Waals surface area contributed by atoms with Crippen molar-refractivity contribution >= 4 is 11.7 Å². The van der Waals surface area contributed by atoms with Crippen LogP contribution in [-0.2, 0) is 18.3 Å². The lowest BCUT2D eigenvalue weighted by Crippen LogP contribution is -2.40. The summed E-state index contributed by atoms with van der Waals surface area (Å²) >= 11 is 0. The van der Waals surface area contributed by atoms with E-state index in [-0.39, 0.29) is 24.8 Å². The molecule has 1 N–H and O–H groups in total. The summed E-state index contributed by atoms with van der Waals surface area (Å²) in [7, 11) is 1.59. The molecule has 2 rings (SSSR count). The molecule has 0 radical (unpaired) electrons. The standard InChI is InChI=1S/C16H25N3O4/c1-11-14(17-12(2)23-13-7-4-5-8-13)18(3)16(22)19(15(11)21)9-6-10-20/h13,20H,4-10H2,1-3H3/b17-12+. The maximum absolute atomic E-state index is 12.4. The molecule has 7 heteroatoms. The molecular formula is C16H25N3O4. The number of aliphatic hydroxyl groups is 1. The van der Waals surface area contributed by atoms with Crippen LogP contribution < -0.4 is 11.2 Å². The summed E-state index contributed by atoms with van der Waals surface area (Å²) in [5, 5.41) is 8.89. The topological polar surface area (TPSA) is 85.8 Å². The molecule has 0 unspecified atom stereocenters. The molecule has 0 amide bonds. The van der Waals surface area contributed by atoms with Crippen LogP contribution in [0.2, 0.25) is 0 Å². The summed E-state index contributed by atoms with van der Waals surface area (Å²) in [6, 6.07) is 0. The number of rotatable bonds is 5. The van der Waals surface area contributed by atoms with Crippen molar-refractivity contribution < 1.29 is 9.84 Å². The zero-order valence-corrected chi connectivity index (χ0v) is 14.0. The van der Waals surface area contributed by atoms with Crippen molar-refractivity contribution in [2.45, 2.75) is 58.6 Å². The Labute approximate surface area is 135 Å². The van der Waals surface area contributed by atoms with Gasteiger partial charge in [-0.1, -0.05) is 0 Å². The van der Waals surface area contributed by atoms with Crippen molar-refractivity contribution in [2.24, 2.45) is 12.0 Å². The van der Waals surface area contributed by atoms with Gasteiger partial charge in [0, 0.05) is 27.1 Å². The van der Waals surface area contributed by atoms with Gasteiger partial charge in [-0.25, -0.2) is 4.79 Å². The van der Waals surface area contributed by atoms with Gasteiger partial charge in [0.1, 0.15) is 11.9 Å². The SMILES string of the molecule is C/C(=N\c1c(C)c(=O)n(CCCO)c(=O)n1C)OC1CCCC1. The van der Waals surface area contributed by atoms with Crippen molar-refractivity contribution in [2.75, 3.05) is 6.61 Å². The van der Waals surface area contributed by atoms with Gasteiger partial charge in [0.25, 0.3) is 5.56 Å². The third-order valence-electron chi connectivity index (χ3n) is 4.18. The Kier molecular flexibility index (Phi) is 5.76. The van der Waals surface area contributed by atoms with Crippen LogP contribution in [0.1, 0.15) is 44.6 Å². The summed E-state index contributed by atoms with van der Waals surface area (Å²) in [6.45, 7) is 3.53. The van der Waals surface area contributed by atoms with Gasteiger partial charge in [-0.05, 0) is 39.0 Å². The number of aliphatic hydroxyl groups excluding tert-OH is 1. The maximum atomic E-state index is 12.4. The van der Waals surface area contributed by atoms with E-state index in [2.05, 4.69) is 4.99 Å². The van der Waals surface area contributed by atoms with Gasteiger partial charge >= 0.3 is 5.69 Å². The highest BCUT2D eigenvalue weighted by molar-refractivity contribution is 5.76. The van der Waals surface area contributed by atoms with Crippen LogP contribution >= 0.6 is 0 Å². The van der Waals surface area contributed by atoms with E-state index in [1.165, 1.54) is 4.57 Å². The predicted molar refractivity (Wildman–Crippen MR) is 88.5 cm³/mol. The first-order valence-electron chi connectivity index (χ1n) is 8.09. The first-order chi connectivity index (χ1) is 11.0. The van der Waals surface area contributed by atoms with Gasteiger partial charge in [-0.3, -0.25) is 13.9 Å². The monoisotopic (exact) mass is 323 g/mol. The van der Waals surface area contributed by atoms with E-state index >= 15 is 0 Å². The fourth-order valence-corrected chi connectivity index (χ4v) is 2.92. The van der Waals surface area contributed by atoms with Crippen molar-refractivity contribution in [3.63, 3.8) is 0 Å². The molecule has 1 heterocycles. The first kappa shape index (κ1) is 17.5. The van der Waals surface area contributed by atoms with E-state index in [4.69, 9.17) is 9.84 Å². The summed E-state index contributed by atoms with van der Waals surface area (Å²) in [5.41, 5.74) is -0.394. The van der Waals surface area contributed by atoms with Crippen LogP contribution in [0.15, 0.2) is 14.6 Å². The molecule has 0 aliphatic heterocycles. The third-order valence-corrected chi connectivity index (χ3v) is 4.18. The summed E-state index contributed by atoms with van der Waals surface area (Å²) < 4.78 is 8.29. The van der Waals surface area contributed by atoms with Crippen LogP contribution in [-0.4, -0.2) is 32.8 Å². The third kappa shape index (κ3) is 3.90. The number of aromatic nitrogens is 2. The summed E-state index contributed by atoms with van der Waals surface area (Å²) in [4.78, 5) is 29.0. The molecule has 1 aromatic rings. The van der Waals surface area contributed by atoms with Crippen LogP contribution in [0.5, 0.6) is 0 Å². The Morgan fingerprint density at radius 1 is 1.35 bits per heavy atom. The molecule has 0 bridgehead atoms. The van der Waals surface area contributed by atoms with Crippen molar-refractivity contribution in [1.29, 1.82) is 0 Å². The Morgan fingerprint density at radius 2 is 2.00 bits per heavy atom. The lowest BCUT2D eigenvalue weighted by atomic mass is 10.3. The van der Waals surface area contributed by atoms with Gasteiger partial charge in [-0.2, -0.15) is 4.99 Å². The van der Waals surface area contributed by atoms with Gasteiger partial charge in [0.15, 0.2) is 5.90 Å². The highest BCUT2D eigenvalue weighted by atomic mass is 16.5. The highest BCUT2D eigenvalue weighted by Crippen LogP contribution is 2.22. The second-order valence-corrected chi connectivity index (χ2v) is 5.98. The molecule has 1 aliphatic carbocycles. The van der Waals surface area contributed by atoms with Gasteiger partial charge in [-0.15, -0.1) is 0 Å². The number of hydrogen-bond acceptors (Lipinski definition) is 5. The second kappa shape index (κ2) is 7.59. The van der Waals surface area contributed by atoms with Gasteiger partial charge in [0.2, 0.25) is 0 Å². The Hall–Kier alpha value is -1.89. The van der Waals surface area contributed by atoms with Crippen LogP contribution in [0.25, 0.3) is 0 Å². The number of nitrogens with zero attached hydrogens (tertiary/aromatic N) is 3. The molecular weight excluding hydrogens is 298 g/mol. The van der Waals surface area contributed by atoms with Crippen LogP contribution in [0.3, 0.4) is 0 Å². The van der Waals surface area contributed by atoms with Crippen LogP contribution in [0.4, 0.5) is 5.82 Å². The minimum absolute atomic E-state index is 0.0666. The molecule has 1 fully saturated rings. The predicted octanol–water partition coefficient (Wildman–Crippen LogP) is 1.25. The fraction of sp³-hybridized carbons (Fsp3) is 0.688. The largest absolute Gasteiger partial charge is 0.478 e. The maximum Gasteiger partial charge on any atom is 0.332 e. The fourth-order valence-electron chi connectivity index (χ4n) is 2.92. The van der Waals surface area contributed by atoms with Crippen molar-refractivity contribution in [1.82, 2.24) is 9.13 Å². The van der Waals surface area contributed by atoms with Gasteiger partial charge in [0.05, 0.1) is 5.56 Å². The van der Waals surface area contributed by atoms with Crippen molar-refractivity contribution in [3.8, 4) is 0 Å². The average Bonchev–Trinajstić information content (AvgIpc) is 3.02. The summed E-state index contributed by atoms with van der Waals surface area (Å²) in [5.74, 6) is 0.804. The molecule has 0 saturated heterocycles. The lowest BCUT2D eigenvalue weighted by Gasteiger charge is -2.15.